The number of rotatable bonds is 1. The second-order valence-electron chi connectivity index (χ2n) is 6.49. The number of fused-ring (bicyclic) bond motifs is 4. The maximum absolute atomic E-state index is 6.17. The van der Waals surface area contributed by atoms with E-state index in [9.17, 15) is 0 Å². The number of furan rings is 1. The number of imidazole rings is 1. The standard InChI is InChI=1S/C21H17N3O/c1-12-11-17-19(13(2)22-12)23-21(24(17)3)16-9-6-8-15-14-7-4-5-10-18(14)25-20(15)16/h4-11H,1-3H3. The molecule has 0 fully saturated rings. The molecule has 0 spiro atoms. The van der Waals surface area contributed by atoms with Gasteiger partial charge in [0.05, 0.1) is 16.8 Å². The Kier molecular flexibility index (Phi) is 2.80. The molecule has 0 N–H and O–H groups in total. The summed E-state index contributed by atoms with van der Waals surface area (Å²) < 4.78 is 8.30. The molecule has 0 amide bonds. The molecule has 0 aliphatic rings. The van der Waals surface area contributed by atoms with Crippen LogP contribution in [-0.2, 0) is 7.05 Å². The maximum atomic E-state index is 6.17. The first-order valence-corrected chi connectivity index (χ1v) is 8.35. The molecule has 2 aromatic carbocycles. The largest absolute Gasteiger partial charge is 0.455 e. The van der Waals surface area contributed by atoms with Gasteiger partial charge in [-0.05, 0) is 32.0 Å². The Bertz CT molecular complexity index is 1280. The van der Waals surface area contributed by atoms with E-state index in [1.54, 1.807) is 0 Å². The Balaban J connectivity index is 1.89. The summed E-state index contributed by atoms with van der Waals surface area (Å²) in [6, 6.07) is 16.5. The van der Waals surface area contributed by atoms with E-state index >= 15 is 0 Å². The number of pyridine rings is 1. The van der Waals surface area contributed by atoms with Gasteiger partial charge < -0.3 is 8.98 Å². The summed E-state index contributed by atoms with van der Waals surface area (Å²) in [5.74, 6) is 0.898. The Morgan fingerprint density at radius 3 is 2.60 bits per heavy atom. The molecular weight excluding hydrogens is 310 g/mol. The zero-order valence-electron chi connectivity index (χ0n) is 14.4. The maximum Gasteiger partial charge on any atom is 0.146 e. The van der Waals surface area contributed by atoms with Crippen LogP contribution in [0.3, 0.4) is 0 Å². The third-order valence-electron chi connectivity index (χ3n) is 4.82. The van der Waals surface area contributed by atoms with Crippen LogP contribution in [0, 0.1) is 13.8 Å². The zero-order chi connectivity index (χ0) is 17.1. The van der Waals surface area contributed by atoms with Gasteiger partial charge in [-0.3, -0.25) is 4.98 Å². The van der Waals surface area contributed by atoms with Gasteiger partial charge in [0.1, 0.15) is 22.5 Å². The van der Waals surface area contributed by atoms with Crippen LogP contribution in [0.1, 0.15) is 11.4 Å². The van der Waals surface area contributed by atoms with Crippen LogP contribution in [0.5, 0.6) is 0 Å². The van der Waals surface area contributed by atoms with Crippen molar-refractivity contribution < 1.29 is 4.42 Å². The summed E-state index contributed by atoms with van der Waals surface area (Å²) in [5, 5.41) is 2.25. The molecule has 0 aliphatic carbocycles. The SMILES string of the molecule is Cc1cc2c(nc(-c3cccc4c3oc3ccccc34)n2C)c(C)n1. The number of para-hydroxylation sites is 2. The van der Waals surface area contributed by atoms with E-state index in [-0.39, 0.29) is 0 Å². The first-order chi connectivity index (χ1) is 12.1. The molecule has 3 aromatic heterocycles. The average molecular weight is 327 g/mol. The van der Waals surface area contributed by atoms with E-state index in [2.05, 4.69) is 39.9 Å². The van der Waals surface area contributed by atoms with Crippen molar-refractivity contribution in [3.05, 3.63) is 59.9 Å². The van der Waals surface area contributed by atoms with Crippen LogP contribution in [0.15, 0.2) is 52.9 Å². The van der Waals surface area contributed by atoms with Gasteiger partial charge in [-0.25, -0.2) is 4.98 Å². The van der Waals surface area contributed by atoms with E-state index in [4.69, 9.17) is 9.40 Å². The molecule has 0 radical (unpaired) electrons. The van der Waals surface area contributed by atoms with Crippen LogP contribution in [0.25, 0.3) is 44.4 Å². The average Bonchev–Trinajstić information content (AvgIpc) is 3.14. The molecule has 0 aliphatic heterocycles. The number of benzene rings is 2. The highest BCUT2D eigenvalue weighted by Gasteiger charge is 2.18. The van der Waals surface area contributed by atoms with E-state index in [0.717, 1.165) is 55.7 Å². The molecule has 0 saturated heterocycles. The molecule has 4 heteroatoms. The van der Waals surface area contributed by atoms with E-state index in [1.165, 1.54) is 0 Å². The molecule has 5 aromatic rings. The minimum atomic E-state index is 0.879. The molecular formula is C21H17N3O. The molecule has 0 bridgehead atoms. The highest BCUT2D eigenvalue weighted by atomic mass is 16.3. The summed E-state index contributed by atoms with van der Waals surface area (Å²) in [5.41, 5.74) is 6.77. The highest BCUT2D eigenvalue weighted by Crippen LogP contribution is 2.36. The summed E-state index contributed by atoms with van der Waals surface area (Å²) >= 11 is 0. The summed E-state index contributed by atoms with van der Waals surface area (Å²) in [4.78, 5) is 9.43. The number of hydrogen-bond donors (Lipinski definition) is 0. The Morgan fingerprint density at radius 1 is 0.920 bits per heavy atom. The summed E-state index contributed by atoms with van der Waals surface area (Å²) in [6.45, 7) is 4.02. The van der Waals surface area contributed by atoms with Gasteiger partial charge in [0, 0.05) is 23.5 Å². The van der Waals surface area contributed by atoms with Gasteiger partial charge >= 0.3 is 0 Å². The van der Waals surface area contributed by atoms with E-state index in [0.29, 0.717) is 0 Å². The third-order valence-corrected chi connectivity index (χ3v) is 4.82. The van der Waals surface area contributed by atoms with Crippen molar-refractivity contribution in [2.24, 2.45) is 7.05 Å². The van der Waals surface area contributed by atoms with Crippen molar-refractivity contribution >= 4 is 33.0 Å². The lowest BCUT2D eigenvalue weighted by molar-refractivity contribution is 0.669. The van der Waals surface area contributed by atoms with Crippen molar-refractivity contribution in [1.82, 2.24) is 14.5 Å². The minimum absolute atomic E-state index is 0.879. The number of aryl methyl sites for hydroxylation is 3. The fraction of sp³-hybridized carbons (Fsp3) is 0.143. The first-order valence-electron chi connectivity index (χ1n) is 8.35. The first kappa shape index (κ1) is 14.2. The molecule has 0 saturated carbocycles. The van der Waals surface area contributed by atoms with Gasteiger partial charge in [0.15, 0.2) is 0 Å². The van der Waals surface area contributed by atoms with Gasteiger partial charge in [-0.15, -0.1) is 0 Å². The van der Waals surface area contributed by atoms with Gasteiger partial charge in [-0.2, -0.15) is 0 Å². The molecule has 3 heterocycles. The topological polar surface area (TPSA) is 43.9 Å². The lowest BCUT2D eigenvalue weighted by Crippen LogP contribution is -1.93. The normalized spacial score (nSPS) is 11.8. The lowest BCUT2D eigenvalue weighted by Gasteiger charge is -2.03. The van der Waals surface area contributed by atoms with Crippen LogP contribution >= 0.6 is 0 Å². The predicted molar refractivity (Wildman–Crippen MR) is 101 cm³/mol. The monoisotopic (exact) mass is 327 g/mol. The Morgan fingerprint density at radius 2 is 1.72 bits per heavy atom. The Labute approximate surface area is 144 Å². The van der Waals surface area contributed by atoms with Crippen molar-refractivity contribution in [2.75, 3.05) is 0 Å². The second kappa shape index (κ2) is 4.93. The fourth-order valence-corrected chi connectivity index (χ4v) is 3.65. The zero-order valence-corrected chi connectivity index (χ0v) is 14.4. The molecule has 0 atom stereocenters. The van der Waals surface area contributed by atoms with E-state index < -0.39 is 0 Å². The molecule has 122 valence electrons. The second-order valence-corrected chi connectivity index (χ2v) is 6.49. The number of aromatic nitrogens is 3. The fourth-order valence-electron chi connectivity index (χ4n) is 3.65. The van der Waals surface area contributed by atoms with Crippen molar-refractivity contribution in [3.63, 3.8) is 0 Å². The minimum Gasteiger partial charge on any atom is -0.455 e. The number of hydrogen-bond acceptors (Lipinski definition) is 3. The Hall–Kier alpha value is -3.14. The quantitative estimate of drug-likeness (QED) is 0.427. The van der Waals surface area contributed by atoms with Crippen LogP contribution in [0.2, 0.25) is 0 Å². The molecule has 0 unspecified atom stereocenters. The number of nitrogens with zero attached hydrogens (tertiary/aromatic N) is 3. The summed E-state index contributed by atoms with van der Waals surface area (Å²) in [7, 11) is 2.05. The van der Waals surface area contributed by atoms with Gasteiger partial charge in [-0.1, -0.05) is 30.3 Å². The third kappa shape index (κ3) is 1.94. The molecule has 5 rings (SSSR count). The lowest BCUT2D eigenvalue weighted by atomic mass is 10.1. The summed E-state index contributed by atoms with van der Waals surface area (Å²) in [6.07, 6.45) is 0. The smallest absolute Gasteiger partial charge is 0.146 e. The van der Waals surface area contributed by atoms with Crippen molar-refractivity contribution in [1.29, 1.82) is 0 Å². The van der Waals surface area contributed by atoms with Crippen LogP contribution < -0.4 is 0 Å². The van der Waals surface area contributed by atoms with Gasteiger partial charge in [0.25, 0.3) is 0 Å². The molecule has 4 nitrogen and oxygen atoms in total. The van der Waals surface area contributed by atoms with Gasteiger partial charge in [0.2, 0.25) is 0 Å². The predicted octanol–water partition coefficient (Wildman–Crippen LogP) is 5.15. The van der Waals surface area contributed by atoms with Crippen LogP contribution in [0.4, 0.5) is 0 Å². The van der Waals surface area contributed by atoms with Crippen molar-refractivity contribution in [2.45, 2.75) is 13.8 Å². The van der Waals surface area contributed by atoms with Crippen molar-refractivity contribution in [3.8, 4) is 11.4 Å². The molecule has 25 heavy (non-hydrogen) atoms. The van der Waals surface area contributed by atoms with E-state index in [1.807, 2.05) is 39.1 Å². The van der Waals surface area contributed by atoms with Crippen LogP contribution in [-0.4, -0.2) is 14.5 Å². The highest BCUT2D eigenvalue weighted by molar-refractivity contribution is 6.09.